The van der Waals surface area contributed by atoms with Crippen LogP contribution in [0.1, 0.15) is 29.3 Å². The summed E-state index contributed by atoms with van der Waals surface area (Å²) in [7, 11) is 0. The summed E-state index contributed by atoms with van der Waals surface area (Å²) in [5, 5.41) is 12.3. The van der Waals surface area contributed by atoms with Crippen molar-refractivity contribution >= 4 is 11.6 Å². The molecular formula is C24H27N3O3. The zero-order chi connectivity index (χ0) is 21.7. The summed E-state index contributed by atoms with van der Waals surface area (Å²) >= 11 is 0. The summed E-state index contributed by atoms with van der Waals surface area (Å²) in [5.74, 6) is 0.148. The summed E-state index contributed by atoms with van der Waals surface area (Å²) in [4.78, 5) is 30.7. The van der Waals surface area contributed by atoms with E-state index in [1.54, 1.807) is 6.92 Å². The second-order valence-corrected chi connectivity index (χ2v) is 7.24. The normalized spacial score (nSPS) is 10.8. The van der Waals surface area contributed by atoms with E-state index in [9.17, 15) is 14.7 Å². The van der Waals surface area contributed by atoms with E-state index in [0.717, 1.165) is 28.8 Å². The predicted octanol–water partition coefficient (Wildman–Crippen LogP) is 3.26. The van der Waals surface area contributed by atoms with Crippen molar-refractivity contribution in [3.05, 3.63) is 81.3 Å². The van der Waals surface area contributed by atoms with Gasteiger partial charge in [0.25, 0.3) is 5.56 Å². The predicted molar refractivity (Wildman–Crippen MR) is 119 cm³/mol. The number of anilines is 1. The second-order valence-electron chi connectivity index (χ2n) is 7.24. The third kappa shape index (κ3) is 4.49. The Bertz CT molecular complexity index is 1100. The molecule has 0 radical (unpaired) electrons. The van der Waals surface area contributed by atoms with E-state index < -0.39 is 0 Å². The lowest BCUT2D eigenvalue weighted by atomic mass is 10.1. The van der Waals surface area contributed by atoms with Gasteiger partial charge in [0.05, 0.1) is 0 Å². The van der Waals surface area contributed by atoms with Crippen LogP contribution in [0.15, 0.2) is 53.3 Å². The van der Waals surface area contributed by atoms with Crippen LogP contribution in [0.4, 0.5) is 5.69 Å². The summed E-state index contributed by atoms with van der Waals surface area (Å²) in [6.45, 7) is 5.42. The standard InChI is InChI=1S/C24H27N3O3/c1-4-18-12-8-9-16(2)22(18)26-21(29)15-27-23(19-10-6-5-7-11-19)25-17(3)20(13-14-28)24(27)30/h5-12,28H,4,13-15H2,1-3H3,(H,26,29). The number of hydrogen-bond acceptors (Lipinski definition) is 4. The van der Waals surface area contributed by atoms with Crippen LogP contribution in [0.25, 0.3) is 11.4 Å². The minimum atomic E-state index is -0.300. The number of nitrogens with zero attached hydrogens (tertiary/aromatic N) is 2. The van der Waals surface area contributed by atoms with Gasteiger partial charge in [-0.1, -0.05) is 55.5 Å². The molecule has 6 heteroatoms. The van der Waals surface area contributed by atoms with Gasteiger partial charge in [-0.25, -0.2) is 4.98 Å². The number of aliphatic hydroxyl groups excluding tert-OH is 1. The molecule has 1 amide bonds. The Morgan fingerprint density at radius 3 is 2.50 bits per heavy atom. The zero-order valence-corrected chi connectivity index (χ0v) is 17.6. The topological polar surface area (TPSA) is 84.2 Å². The van der Waals surface area contributed by atoms with Crippen LogP contribution in [-0.2, 0) is 24.2 Å². The van der Waals surface area contributed by atoms with Crippen LogP contribution in [0.3, 0.4) is 0 Å². The highest BCUT2D eigenvalue weighted by Crippen LogP contribution is 2.22. The number of amides is 1. The van der Waals surface area contributed by atoms with Crippen LogP contribution >= 0.6 is 0 Å². The highest BCUT2D eigenvalue weighted by atomic mass is 16.3. The number of carbonyl (C=O) groups excluding carboxylic acids is 1. The van der Waals surface area contributed by atoms with Gasteiger partial charge in [-0.05, 0) is 31.4 Å². The van der Waals surface area contributed by atoms with Crippen molar-refractivity contribution in [2.24, 2.45) is 0 Å². The van der Waals surface area contributed by atoms with Gasteiger partial charge in [0, 0.05) is 35.5 Å². The van der Waals surface area contributed by atoms with Gasteiger partial charge in [-0.15, -0.1) is 0 Å². The summed E-state index contributed by atoms with van der Waals surface area (Å²) in [6.07, 6.45) is 0.991. The monoisotopic (exact) mass is 405 g/mol. The van der Waals surface area contributed by atoms with E-state index in [0.29, 0.717) is 17.1 Å². The Labute approximate surface area is 176 Å². The average molecular weight is 405 g/mol. The third-order valence-electron chi connectivity index (χ3n) is 5.17. The lowest BCUT2D eigenvalue weighted by molar-refractivity contribution is -0.116. The Kier molecular flexibility index (Phi) is 6.79. The fourth-order valence-electron chi connectivity index (χ4n) is 3.58. The van der Waals surface area contributed by atoms with E-state index in [2.05, 4.69) is 10.3 Å². The molecule has 0 saturated carbocycles. The Morgan fingerprint density at radius 1 is 1.10 bits per heavy atom. The second kappa shape index (κ2) is 9.50. The van der Waals surface area contributed by atoms with E-state index in [1.807, 2.05) is 62.4 Å². The first-order valence-electron chi connectivity index (χ1n) is 10.1. The van der Waals surface area contributed by atoms with Crippen molar-refractivity contribution in [2.45, 2.75) is 40.2 Å². The highest BCUT2D eigenvalue weighted by Gasteiger charge is 2.18. The number of para-hydroxylation sites is 1. The number of aryl methyl sites for hydroxylation is 3. The van der Waals surface area contributed by atoms with Crippen LogP contribution in [0.2, 0.25) is 0 Å². The molecule has 30 heavy (non-hydrogen) atoms. The van der Waals surface area contributed by atoms with E-state index >= 15 is 0 Å². The molecule has 0 saturated heterocycles. The van der Waals surface area contributed by atoms with Crippen LogP contribution in [0, 0.1) is 13.8 Å². The molecule has 0 bridgehead atoms. The van der Waals surface area contributed by atoms with Crippen LogP contribution < -0.4 is 10.9 Å². The van der Waals surface area contributed by atoms with E-state index in [-0.39, 0.29) is 31.0 Å². The molecule has 1 aromatic heterocycles. The van der Waals surface area contributed by atoms with Crippen molar-refractivity contribution in [1.29, 1.82) is 0 Å². The molecule has 156 valence electrons. The maximum Gasteiger partial charge on any atom is 0.257 e. The molecule has 3 aromatic rings. The van der Waals surface area contributed by atoms with Crippen molar-refractivity contribution in [2.75, 3.05) is 11.9 Å². The Hall–Kier alpha value is -3.25. The first-order valence-corrected chi connectivity index (χ1v) is 10.1. The zero-order valence-electron chi connectivity index (χ0n) is 17.6. The van der Waals surface area contributed by atoms with Crippen molar-refractivity contribution in [1.82, 2.24) is 9.55 Å². The molecule has 0 unspecified atom stereocenters. The van der Waals surface area contributed by atoms with Crippen molar-refractivity contribution in [3.8, 4) is 11.4 Å². The van der Waals surface area contributed by atoms with Gasteiger partial charge < -0.3 is 10.4 Å². The fraction of sp³-hybridized carbons (Fsp3) is 0.292. The molecule has 0 fully saturated rings. The van der Waals surface area contributed by atoms with E-state index in [1.165, 1.54) is 4.57 Å². The lowest BCUT2D eigenvalue weighted by Gasteiger charge is -2.17. The quantitative estimate of drug-likeness (QED) is 0.632. The number of aliphatic hydroxyl groups is 1. The average Bonchev–Trinajstić information content (AvgIpc) is 2.75. The maximum absolute atomic E-state index is 13.2. The van der Waals surface area contributed by atoms with Crippen LogP contribution in [-0.4, -0.2) is 27.2 Å². The SMILES string of the molecule is CCc1cccc(C)c1NC(=O)Cn1c(-c2ccccc2)nc(C)c(CCO)c1=O. The van der Waals surface area contributed by atoms with Crippen molar-refractivity contribution < 1.29 is 9.90 Å². The molecule has 2 N–H and O–H groups in total. The van der Waals surface area contributed by atoms with Crippen molar-refractivity contribution in [3.63, 3.8) is 0 Å². The molecule has 2 aromatic carbocycles. The molecule has 3 rings (SSSR count). The summed E-state index contributed by atoms with van der Waals surface area (Å²) in [6, 6.07) is 15.2. The number of nitrogens with one attached hydrogen (secondary N) is 1. The molecule has 0 spiro atoms. The van der Waals surface area contributed by atoms with Gasteiger partial charge in [0.15, 0.2) is 0 Å². The molecule has 0 aliphatic rings. The first kappa shape index (κ1) is 21.5. The lowest BCUT2D eigenvalue weighted by Crippen LogP contribution is -2.33. The molecular weight excluding hydrogens is 378 g/mol. The minimum Gasteiger partial charge on any atom is -0.396 e. The molecule has 0 atom stereocenters. The van der Waals surface area contributed by atoms with E-state index in [4.69, 9.17) is 0 Å². The number of hydrogen-bond donors (Lipinski definition) is 2. The highest BCUT2D eigenvalue weighted by molar-refractivity contribution is 5.92. The smallest absolute Gasteiger partial charge is 0.257 e. The molecule has 1 heterocycles. The molecule has 0 aliphatic carbocycles. The number of rotatable bonds is 7. The van der Waals surface area contributed by atoms with Gasteiger partial charge in [-0.2, -0.15) is 0 Å². The summed E-state index contributed by atoms with van der Waals surface area (Å²) < 4.78 is 1.40. The van der Waals surface area contributed by atoms with Gasteiger partial charge in [0.1, 0.15) is 12.4 Å². The summed E-state index contributed by atoms with van der Waals surface area (Å²) in [5.41, 5.74) is 4.25. The number of aromatic nitrogens is 2. The van der Waals surface area contributed by atoms with Gasteiger partial charge >= 0.3 is 0 Å². The minimum absolute atomic E-state index is 0.155. The number of carbonyl (C=O) groups is 1. The largest absolute Gasteiger partial charge is 0.396 e. The number of benzene rings is 2. The van der Waals surface area contributed by atoms with Gasteiger partial charge in [-0.3, -0.25) is 14.2 Å². The fourth-order valence-corrected chi connectivity index (χ4v) is 3.58. The third-order valence-corrected chi connectivity index (χ3v) is 5.17. The Balaban J connectivity index is 2.03. The molecule has 0 aliphatic heterocycles. The maximum atomic E-state index is 13.2. The van der Waals surface area contributed by atoms with Gasteiger partial charge in [0.2, 0.25) is 5.91 Å². The first-order chi connectivity index (χ1) is 14.5. The molecule has 6 nitrogen and oxygen atoms in total. The Morgan fingerprint density at radius 2 is 1.83 bits per heavy atom. The van der Waals surface area contributed by atoms with Crippen LogP contribution in [0.5, 0.6) is 0 Å².